The molecule has 4 rings (SSSR count). The summed E-state index contributed by atoms with van der Waals surface area (Å²) >= 11 is 0. The smallest absolute Gasteiger partial charge is 0.336 e. The molecule has 1 N–H and O–H groups in total. The van der Waals surface area contributed by atoms with E-state index in [1.54, 1.807) is 0 Å². The van der Waals surface area contributed by atoms with Crippen LogP contribution in [0.1, 0.15) is 121 Å². The van der Waals surface area contributed by atoms with E-state index in [1.807, 2.05) is 0 Å². The van der Waals surface area contributed by atoms with Gasteiger partial charge in [0.2, 0.25) is 0 Å². The summed E-state index contributed by atoms with van der Waals surface area (Å²) in [5, 5.41) is 10.2. The van der Waals surface area contributed by atoms with Crippen molar-refractivity contribution in [2.24, 2.45) is 0 Å². The van der Waals surface area contributed by atoms with Crippen molar-refractivity contribution in [3.8, 4) is 0 Å². The Morgan fingerprint density at radius 2 is 1.40 bits per heavy atom. The summed E-state index contributed by atoms with van der Waals surface area (Å²) in [4.78, 5) is 12.4. The van der Waals surface area contributed by atoms with Crippen molar-refractivity contribution in [2.75, 3.05) is 0 Å². The molecule has 0 heterocycles. The molecule has 0 unspecified atom stereocenters. The van der Waals surface area contributed by atoms with Crippen LogP contribution in [-0.2, 0) is 12.8 Å². The Kier molecular flexibility index (Phi) is 5.15. The van der Waals surface area contributed by atoms with Crippen molar-refractivity contribution in [1.82, 2.24) is 0 Å². The Morgan fingerprint density at radius 1 is 0.800 bits per heavy atom. The van der Waals surface area contributed by atoms with E-state index in [1.165, 1.54) is 99.3 Å². The van der Waals surface area contributed by atoms with Gasteiger partial charge in [0.05, 0.1) is 5.56 Å². The second-order valence-corrected chi connectivity index (χ2v) is 8.57. The highest BCUT2D eigenvalue weighted by atomic mass is 16.4. The van der Waals surface area contributed by atoms with Gasteiger partial charge in [-0.3, -0.25) is 0 Å². The van der Waals surface area contributed by atoms with Crippen LogP contribution in [0, 0.1) is 0 Å². The molecule has 0 aromatic heterocycles. The van der Waals surface area contributed by atoms with Crippen LogP contribution in [0.5, 0.6) is 0 Å². The highest BCUT2D eigenvalue weighted by molar-refractivity contribution is 5.92. The van der Waals surface area contributed by atoms with E-state index in [0.717, 1.165) is 18.4 Å². The molecule has 2 fully saturated rings. The first kappa shape index (κ1) is 17.1. The van der Waals surface area contributed by atoms with Gasteiger partial charge in [-0.05, 0) is 85.5 Å². The quantitative estimate of drug-likeness (QED) is 0.695. The van der Waals surface area contributed by atoms with Gasteiger partial charge in [0.25, 0.3) is 0 Å². The number of carbonyl (C=O) groups is 1. The number of carboxylic acids is 1. The number of fused-ring (bicyclic) bond motifs is 1. The fourth-order valence-electron chi connectivity index (χ4n) is 5.78. The number of carboxylic acid groups (broad SMARTS) is 1. The zero-order chi connectivity index (χ0) is 17.2. The van der Waals surface area contributed by atoms with Crippen LogP contribution < -0.4 is 0 Å². The predicted octanol–water partition coefficient (Wildman–Crippen LogP) is 6.36. The van der Waals surface area contributed by atoms with Gasteiger partial charge in [-0.25, -0.2) is 4.79 Å². The third-order valence-electron chi connectivity index (χ3n) is 7.00. The van der Waals surface area contributed by atoms with E-state index in [9.17, 15) is 9.90 Å². The highest BCUT2D eigenvalue weighted by Crippen LogP contribution is 2.44. The van der Waals surface area contributed by atoms with Crippen molar-refractivity contribution in [2.45, 2.75) is 102 Å². The molecule has 136 valence electrons. The van der Waals surface area contributed by atoms with Gasteiger partial charge in [0.1, 0.15) is 0 Å². The lowest BCUT2D eigenvalue weighted by Crippen LogP contribution is -2.21. The zero-order valence-electron chi connectivity index (χ0n) is 15.5. The molecule has 0 saturated heterocycles. The van der Waals surface area contributed by atoms with Gasteiger partial charge in [-0.2, -0.15) is 0 Å². The van der Waals surface area contributed by atoms with E-state index in [2.05, 4.69) is 6.07 Å². The van der Waals surface area contributed by atoms with Crippen molar-refractivity contribution in [1.29, 1.82) is 0 Å². The Labute approximate surface area is 152 Å². The lowest BCUT2D eigenvalue weighted by molar-refractivity contribution is 0.0692. The first-order valence-electron chi connectivity index (χ1n) is 10.7. The number of aromatic carboxylic acids is 1. The molecule has 1 aromatic rings. The Balaban J connectivity index is 1.87. The molecule has 2 saturated carbocycles. The predicted molar refractivity (Wildman–Crippen MR) is 102 cm³/mol. The Hall–Kier alpha value is -1.31. The molecule has 2 heteroatoms. The van der Waals surface area contributed by atoms with Gasteiger partial charge < -0.3 is 5.11 Å². The molecule has 25 heavy (non-hydrogen) atoms. The van der Waals surface area contributed by atoms with Crippen LogP contribution in [0.2, 0.25) is 0 Å². The maximum Gasteiger partial charge on any atom is 0.336 e. The largest absolute Gasteiger partial charge is 0.478 e. The molecule has 0 amide bonds. The standard InChI is InChI=1S/C23H32O2/c24-23(25)22-20(16-9-3-1-4-10-16)15-18-13-7-8-14-19(18)21(22)17-11-5-2-6-12-17/h15-17H,1-14H2,(H,24,25). The lowest BCUT2D eigenvalue weighted by atomic mass is 9.71. The summed E-state index contributed by atoms with van der Waals surface area (Å²) in [6.45, 7) is 0. The van der Waals surface area contributed by atoms with Crippen molar-refractivity contribution in [3.63, 3.8) is 0 Å². The minimum absolute atomic E-state index is 0.481. The first-order chi connectivity index (χ1) is 12.3. The molecule has 0 aliphatic heterocycles. The van der Waals surface area contributed by atoms with E-state index in [4.69, 9.17) is 0 Å². The monoisotopic (exact) mass is 340 g/mol. The molecule has 1 aromatic carbocycles. The molecule has 0 bridgehead atoms. The number of hydrogen-bond donors (Lipinski definition) is 1. The highest BCUT2D eigenvalue weighted by Gasteiger charge is 2.32. The molecule has 0 atom stereocenters. The summed E-state index contributed by atoms with van der Waals surface area (Å²) in [6, 6.07) is 2.33. The summed E-state index contributed by atoms with van der Waals surface area (Å²) in [5.41, 5.74) is 6.16. The minimum atomic E-state index is -0.658. The lowest BCUT2D eigenvalue weighted by Gasteiger charge is -2.33. The number of aryl methyl sites for hydroxylation is 1. The van der Waals surface area contributed by atoms with Crippen LogP contribution in [0.3, 0.4) is 0 Å². The first-order valence-corrected chi connectivity index (χ1v) is 10.7. The third kappa shape index (κ3) is 3.37. The van der Waals surface area contributed by atoms with Crippen LogP contribution in [-0.4, -0.2) is 11.1 Å². The maximum atomic E-state index is 12.4. The molecule has 3 aliphatic carbocycles. The molecular weight excluding hydrogens is 308 g/mol. The summed E-state index contributed by atoms with van der Waals surface area (Å²) < 4.78 is 0. The van der Waals surface area contributed by atoms with Gasteiger partial charge in [0.15, 0.2) is 0 Å². The van der Waals surface area contributed by atoms with Gasteiger partial charge in [-0.1, -0.05) is 44.6 Å². The summed E-state index contributed by atoms with van der Waals surface area (Å²) in [5.74, 6) is 0.319. The van der Waals surface area contributed by atoms with Crippen molar-refractivity contribution in [3.05, 3.63) is 33.9 Å². The van der Waals surface area contributed by atoms with Gasteiger partial charge in [-0.15, -0.1) is 0 Å². The second kappa shape index (κ2) is 7.51. The average molecular weight is 341 g/mol. The van der Waals surface area contributed by atoms with Crippen LogP contribution >= 0.6 is 0 Å². The second-order valence-electron chi connectivity index (χ2n) is 8.57. The topological polar surface area (TPSA) is 37.3 Å². The van der Waals surface area contributed by atoms with Gasteiger partial charge in [0, 0.05) is 0 Å². The molecule has 3 aliphatic rings. The minimum Gasteiger partial charge on any atom is -0.478 e. The Bertz CT molecular complexity index is 634. The van der Waals surface area contributed by atoms with Gasteiger partial charge >= 0.3 is 5.97 Å². The van der Waals surface area contributed by atoms with E-state index >= 15 is 0 Å². The summed E-state index contributed by atoms with van der Waals surface area (Å²) in [7, 11) is 0. The normalized spacial score (nSPS) is 22.6. The van der Waals surface area contributed by atoms with E-state index < -0.39 is 5.97 Å². The van der Waals surface area contributed by atoms with Crippen LogP contribution in [0.25, 0.3) is 0 Å². The third-order valence-corrected chi connectivity index (χ3v) is 7.00. The Morgan fingerprint density at radius 3 is 2.04 bits per heavy atom. The molecule has 0 radical (unpaired) electrons. The number of hydrogen-bond acceptors (Lipinski definition) is 1. The average Bonchev–Trinajstić information content (AvgIpc) is 2.67. The van der Waals surface area contributed by atoms with Crippen LogP contribution in [0.4, 0.5) is 0 Å². The molecule has 0 spiro atoms. The van der Waals surface area contributed by atoms with E-state index in [0.29, 0.717) is 11.8 Å². The maximum absolute atomic E-state index is 12.4. The molecule has 2 nitrogen and oxygen atoms in total. The fraction of sp³-hybridized carbons (Fsp3) is 0.696. The van der Waals surface area contributed by atoms with E-state index in [-0.39, 0.29) is 0 Å². The van der Waals surface area contributed by atoms with Crippen LogP contribution in [0.15, 0.2) is 6.07 Å². The SMILES string of the molecule is O=C(O)c1c(C2CCCCC2)cc2c(c1C1CCCCC1)CCCC2. The van der Waals surface area contributed by atoms with Crippen molar-refractivity contribution < 1.29 is 9.90 Å². The zero-order valence-corrected chi connectivity index (χ0v) is 15.5. The molecular formula is C23H32O2. The fourth-order valence-corrected chi connectivity index (χ4v) is 5.78. The summed E-state index contributed by atoms with van der Waals surface area (Å²) in [6.07, 6.45) is 17.2. The van der Waals surface area contributed by atoms with Crippen molar-refractivity contribution >= 4 is 5.97 Å². The number of benzene rings is 1. The number of rotatable bonds is 3.